The molecule has 5 nitrogen and oxygen atoms in total. The van der Waals surface area contributed by atoms with Crippen LogP contribution in [0.15, 0.2) is 18.2 Å². The fourth-order valence-electron chi connectivity index (χ4n) is 1.99. The Morgan fingerprint density at radius 1 is 1.37 bits per heavy atom. The molecule has 1 N–H and O–H groups in total. The molecule has 0 aromatic heterocycles. The van der Waals surface area contributed by atoms with E-state index in [1.165, 1.54) is 11.0 Å². The molecule has 0 radical (unpaired) electrons. The number of fused-ring (bicyclic) bond motifs is 1. The number of carbonyl (C=O) groups excluding carboxylic acids is 3. The summed E-state index contributed by atoms with van der Waals surface area (Å²) in [4.78, 5) is 36.3. The van der Waals surface area contributed by atoms with Crippen LogP contribution in [0.5, 0.6) is 0 Å². The van der Waals surface area contributed by atoms with Crippen LogP contribution in [0.1, 0.15) is 23.7 Å². The second-order valence-electron chi connectivity index (χ2n) is 4.15. The van der Waals surface area contributed by atoms with Gasteiger partial charge in [0.2, 0.25) is 5.91 Å². The largest absolute Gasteiger partial charge is 0.356 e. The van der Waals surface area contributed by atoms with E-state index < -0.39 is 11.7 Å². The molecule has 100 valence electrons. The SMILES string of the molecule is CCNC(=O)CCN1C(=O)C(=O)c2ccc(Cl)cc21. The van der Waals surface area contributed by atoms with Crippen LogP contribution in [-0.4, -0.2) is 30.7 Å². The van der Waals surface area contributed by atoms with Gasteiger partial charge in [-0.2, -0.15) is 0 Å². The number of hydrogen-bond donors (Lipinski definition) is 1. The zero-order valence-electron chi connectivity index (χ0n) is 10.4. The highest BCUT2D eigenvalue weighted by molar-refractivity contribution is 6.52. The minimum atomic E-state index is -0.610. The number of ketones is 1. The average Bonchev–Trinajstić information content (AvgIpc) is 2.60. The van der Waals surface area contributed by atoms with Gasteiger partial charge in [0, 0.05) is 24.5 Å². The van der Waals surface area contributed by atoms with Crippen LogP contribution in [0.3, 0.4) is 0 Å². The first-order valence-electron chi connectivity index (χ1n) is 5.97. The van der Waals surface area contributed by atoms with Crippen LogP contribution in [0.2, 0.25) is 5.02 Å². The Morgan fingerprint density at radius 2 is 2.11 bits per heavy atom. The number of benzene rings is 1. The number of Topliss-reactive ketones (excluding diaryl/α,β-unsaturated/α-hetero) is 1. The predicted molar refractivity (Wildman–Crippen MR) is 71.4 cm³/mol. The number of halogens is 1. The van der Waals surface area contributed by atoms with Gasteiger partial charge in [-0.15, -0.1) is 0 Å². The Balaban J connectivity index is 2.18. The molecule has 19 heavy (non-hydrogen) atoms. The molecule has 6 heteroatoms. The summed E-state index contributed by atoms with van der Waals surface area (Å²) in [6, 6.07) is 4.67. The maximum Gasteiger partial charge on any atom is 0.299 e. The van der Waals surface area contributed by atoms with E-state index in [-0.39, 0.29) is 18.9 Å². The molecule has 0 bridgehead atoms. The van der Waals surface area contributed by atoms with E-state index in [1.54, 1.807) is 12.1 Å². The van der Waals surface area contributed by atoms with Gasteiger partial charge in [-0.1, -0.05) is 11.6 Å². The Morgan fingerprint density at radius 3 is 2.79 bits per heavy atom. The molecule has 1 heterocycles. The van der Waals surface area contributed by atoms with Crippen molar-refractivity contribution in [3.8, 4) is 0 Å². The molecule has 1 aliphatic heterocycles. The number of nitrogens with zero attached hydrogens (tertiary/aromatic N) is 1. The first kappa shape index (κ1) is 13.5. The van der Waals surface area contributed by atoms with Crippen molar-refractivity contribution in [3.05, 3.63) is 28.8 Å². The molecule has 0 spiro atoms. The van der Waals surface area contributed by atoms with Crippen LogP contribution < -0.4 is 10.2 Å². The predicted octanol–water partition coefficient (Wildman–Crippen LogP) is 1.40. The lowest BCUT2D eigenvalue weighted by molar-refractivity contribution is -0.120. The first-order chi connectivity index (χ1) is 9.04. The molecule has 2 rings (SSSR count). The quantitative estimate of drug-likeness (QED) is 0.848. The van der Waals surface area contributed by atoms with Gasteiger partial charge in [0.05, 0.1) is 11.3 Å². The highest BCUT2D eigenvalue weighted by atomic mass is 35.5. The molecule has 2 amide bonds. The minimum Gasteiger partial charge on any atom is -0.356 e. The molecule has 0 saturated heterocycles. The van der Waals surface area contributed by atoms with Crippen molar-refractivity contribution >= 4 is 34.9 Å². The molecule has 0 fully saturated rings. The van der Waals surface area contributed by atoms with E-state index >= 15 is 0 Å². The Bertz CT molecular complexity index is 557. The van der Waals surface area contributed by atoms with Crippen molar-refractivity contribution in [2.24, 2.45) is 0 Å². The summed E-state index contributed by atoms with van der Waals surface area (Å²) in [6.07, 6.45) is 0.152. The molecule has 0 saturated carbocycles. The number of amides is 2. The molecular weight excluding hydrogens is 268 g/mol. The molecular formula is C13H13ClN2O3. The molecule has 0 unspecified atom stereocenters. The summed E-state index contributed by atoms with van der Waals surface area (Å²) in [6.45, 7) is 2.52. The number of nitrogens with one attached hydrogen (secondary N) is 1. The third-order valence-electron chi connectivity index (χ3n) is 2.87. The number of carbonyl (C=O) groups is 3. The number of hydrogen-bond acceptors (Lipinski definition) is 3. The highest BCUT2D eigenvalue weighted by Crippen LogP contribution is 2.31. The fraction of sp³-hybridized carbons (Fsp3) is 0.308. The summed E-state index contributed by atoms with van der Waals surface area (Å²) in [5.41, 5.74) is 0.817. The van der Waals surface area contributed by atoms with E-state index in [1.807, 2.05) is 6.92 Å². The van der Waals surface area contributed by atoms with Gasteiger partial charge in [0.15, 0.2) is 0 Å². The average molecular weight is 281 g/mol. The van der Waals surface area contributed by atoms with Crippen LogP contribution in [0.4, 0.5) is 5.69 Å². The number of anilines is 1. The maximum atomic E-state index is 11.8. The summed E-state index contributed by atoms with van der Waals surface area (Å²) in [7, 11) is 0. The van der Waals surface area contributed by atoms with Gasteiger partial charge in [-0.05, 0) is 25.1 Å². The summed E-state index contributed by atoms with van der Waals surface area (Å²) in [5.74, 6) is -1.32. The Hall–Kier alpha value is -1.88. The lowest BCUT2D eigenvalue weighted by Gasteiger charge is -2.16. The van der Waals surface area contributed by atoms with Crippen molar-refractivity contribution in [1.82, 2.24) is 5.32 Å². The zero-order chi connectivity index (χ0) is 14.0. The standard InChI is InChI=1S/C13H13ClN2O3/c1-2-15-11(17)5-6-16-10-7-8(14)3-4-9(10)12(18)13(16)19/h3-4,7H,2,5-6H2,1H3,(H,15,17). The van der Waals surface area contributed by atoms with Crippen LogP contribution in [0.25, 0.3) is 0 Å². The Kier molecular flexibility index (Phi) is 3.85. The van der Waals surface area contributed by atoms with Gasteiger partial charge in [-0.25, -0.2) is 0 Å². The normalized spacial score (nSPS) is 13.7. The highest BCUT2D eigenvalue weighted by Gasteiger charge is 2.35. The van der Waals surface area contributed by atoms with Crippen molar-refractivity contribution in [2.45, 2.75) is 13.3 Å². The van der Waals surface area contributed by atoms with Crippen LogP contribution >= 0.6 is 11.6 Å². The monoisotopic (exact) mass is 280 g/mol. The van der Waals surface area contributed by atoms with Gasteiger partial charge in [0.1, 0.15) is 0 Å². The van der Waals surface area contributed by atoms with Gasteiger partial charge in [-0.3, -0.25) is 14.4 Å². The van der Waals surface area contributed by atoms with Gasteiger partial charge >= 0.3 is 0 Å². The smallest absolute Gasteiger partial charge is 0.299 e. The Labute approximate surface area is 115 Å². The van der Waals surface area contributed by atoms with Crippen LogP contribution in [-0.2, 0) is 9.59 Å². The van der Waals surface area contributed by atoms with E-state index in [4.69, 9.17) is 11.6 Å². The third-order valence-corrected chi connectivity index (χ3v) is 3.11. The van der Waals surface area contributed by atoms with Crippen molar-refractivity contribution in [1.29, 1.82) is 0 Å². The molecule has 0 atom stereocenters. The topological polar surface area (TPSA) is 66.5 Å². The van der Waals surface area contributed by atoms with Gasteiger partial charge < -0.3 is 10.2 Å². The van der Waals surface area contributed by atoms with Crippen LogP contribution in [0, 0.1) is 0 Å². The fourth-order valence-corrected chi connectivity index (χ4v) is 2.15. The minimum absolute atomic E-state index is 0.152. The second-order valence-corrected chi connectivity index (χ2v) is 4.59. The third kappa shape index (κ3) is 2.61. The van der Waals surface area contributed by atoms with E-state index in [2.05, 4.69) is 5.32 Å². The second kappa shape index (κ2) is 5.40. The lowest BCUT2D eigenvalue weighted by Crippen LogP contribution is -2.34. The van der Waals surface area contributed by atoms with Crippen molar-refractivity contribution in [3.63, 3.8) is 0 Å². The van der Waals surface area contributed by atoms with E-state index in [0.29, 0.717) is 22.8 Å². The van der Waals surface area contributed by atoms with E-state index in [0.717, 1.165) is 0 Å². The van der Waals surface area contributed by atoms with E-state index in [9.17, 15) is 14.4 Å². The number of rotatable bonds is 4. The molecule has 1 aromatic rings. The summed E-state index contributed by atoms with van der Waals surface area (Å²) < 4.78 is 0. The summed E-state index contributed by atoms with van der Waals surface area (Å²) >= 11 is 5.87. The van der Waals surface area contributed by atoms with Gasteiger partial charge in [0.25, 0.3) is 11.7 Å². The van der Waals surface area contributed by atoms with Crippen molar-refractivity contribution < 1.29 is 14.4 Å². The summed E-state index contributed by atoms with van der Waals surface area (Å²) in [5, 5.41) is 3.09. The molecule has 0 aliphatic carbocycles. The van der Waals surface area contributed by atoms with Crippen molar-refractivity contribution in [2.75, 3.05) is 18.0 Å². The zero-order valence-corrected chi connectivity index (χ0v) is 11.2. The molecule has 1 aromatic carbocycles. The lowest BCUT2D eigenvalue weighted by atomic mass is 10.1. The maximum absolute atomic E-state index is 11.8. The first-order valence-corrected chi connectivity index (χ1v) is 6.35. The molecule has 1 aliphatic rings.